The number of hydrogen-bond acceptors (Lipinski definition) is 5. The van der Waals surface area contributed by atoms with E-state index in [-0.39, 0.29) is 36.9 Å². The van der Waals surface area contributed by atoms with Gasteiger partial charge < -0.3 is 25.6 Å². The third kappa shape index (κ3) is 5.58. The molecule has 3 aromatic carbocycles. The van der Waals surface area contributed by atoms with Crippen LogP contribution in [-0.2, 0) is 18.4 Å². The van der Waals surface area contributed by atoms with Crippen molar-refractivity contribution in [3.63, 3.8) is 0 Å². The highest BCUT2D eigenvalue weighted by Crippen LogP contribution is 2.23. The van der Waals surface area contributed by atoms with Crippen LogP contribution in [0.2, 0.25) is 0 Å². The van der Waals surface area contributed by atoms with Gasteiger partial charge in [-0.2, -0.15) is 0 Å². The number of amidine groups is 1. The summed E-state index contributed by atoms with van der Waals surface area (Å²) >= 11 is 0. The number of carboxylic acid groups (broad SMARTS) is 1. The molecule has 0 atom stereocenters. The topological polar surface area (TPSA) is 137 Å². The van der Waals surface area contributed by atoms with Crippen molar-refractivity contribution < 1.29 is 19.1 Å². The smallest absolute Gasteiger partial charge is 0.305 e. The number of carbonyl (C=O) groups is 2. The van der Waals surface area contributed by atoms with E-state index in [1.165, 1.54) is 17.0 Å². The van der Waals surface area contributed by atoms with E-state index in [1.807, 2.05) is 30.7 Å². The van der Waals surface area contributed by atoms with Crippen LogP contribution in [0.3, 0.4) is 0 Å². The van der Waals surface area contributed by atoms with Gasteiger partial charge in [-0.25, -0.2) is 9.37 Å². The van der Waals surface area contributed by atoms with Crippen molar-refractivity contribution in [2.75, 3.05) is 16.8 Å². The Bertz CT molecular complexity index is 1500. The molecule has 0 saturated heterocycles. The van der Waals surface area contributed by atoms with Gasteiger partial charge in [-0.1, -0.05) is 17.7 Å². The van der Waals surface area contributed by atoms with Crippen LogP contribution in [0, 0.1) is 18.2 Å². The highest BCUT2D eigenvalue weighted by atomic mass is 19.1. The average Bonchev–Trinajstić information content (AvgIpc) is 3.18. The number of nitrogens with zero attached hydrogens (tertiary/aromatic N) is 3. The number of nitrogens with one attached hydrogen (secondary N) is 2. The van der Waals surface area contributed by atoms with Crippen LogP contribution in [0.4, 0.5) is 15.8 Å². The molecule has 5 N–H and O–H groups in total. The predicted molar refractivity (Wildman–Crippen MR) is 141 cm³/mol. The van der Waals surface area contributed by atoms with Crippen molar-refractivity contribution in [2.24, 2.45) is 12.8 Å². The summed E-state index contributed by atoms with van der Waals surface area (Å²) in [6, 6.07) is 16.7. The lowest BCUT2D eigenvalue weighted by Crippen LogP contribution is -2.33. The zero-order chi connectivity index (χ0) is 26.7. The summed E-state index contributed by atoms with van der Waals surface area (Å²) in [6.07, 6.45) is -0.189. The number of nitrogen functional groups attached to an aromatic ring is 1. The Labute approximate surface area is 212 Å². The molecule has 37 heavy (non-hydrogen) atoms. The van der Waals surface area contributed by atoms with Gasteiger partial charge in [0.1, 0.15) is 17.5 Å². The fourth-order valence-electron chi connectivity index (χ4n) is 3.98. The standard InChI is InChI=1S/C27H27FN6O3/c1-16-3-7-19(8-4-16)34(12-11-25(35)36)27(37)18-6-10-23-22(14-18)32-24(33(23)2)15-31-21-9-5-17(26(29)30)13-20(21)28/h3-10,13-14,31H,11-12,15H2,1-2H3,(H3,29,30)(H,35,36). The Morgan fingerprint density at radius 3 is 2.46 bits per heavy atom. The number of amides is 1. The monoisotopic (exact) mass is 502 g/mol. The molecule has 0 aliphatic heterocycles. The van der Waals surface area contributed by atoms with Gasteiger partial charge in [0.05, 0.1) is 29.7 Å². The van der Waals surface area contributed by atoms with E-state index in [1.54, 1.807) is 36.4 Å². The molecule has 0 fully saturated rings. The summed E-state index contributed by atoms with van der Waals surface area (Å²) in [4.78, 5) is 30.7. The number of benzene rings is 3. The normalized spacial score (nSPS) is 10.9. The maximum absolute atomic E-state index is 14.4. The van der Waals surface area contributed by atoms with Gasteiger partial charge in [-0.15, -0.1) is 0 Å². The number of anilines is 2. The molecule has 1 heterocycles. The molecule has 4 rings (SSSR count). The van der Waals surface area contributed by atoms with Crippen molar-refractivity contribution in [3.8, 4) is 0 Å². The number of aromatic nitrogens is 2. The van der Waals surface area contributed by atoms with Gasteiger partial charge in [0, 0.05) is 30.4 Å². The Hall–Kier alpha value is -4.73. The van der Waals surface area contributed by atoms with Crippen LogP contribution in [0.15, 0.2) is 60.7 Å². The SMILES string of the molecule is Cc1ccc(N(CCC(=O)O)C(=O)c2ccc3c(c2)nc(CNc2ccc(C(=N)N)cc2F)n3C)cc1. The number of nitrogens with two attached hydrogens (primary N) is 1. The van der Waals surface area contributed by atoms with E-state index in [0.29, 0.717) is 28.2 Å². The first-order chi connectivity index (χ1) is 17.6. The minimum absolute atomic E-state index is 0.0284. The number of imidazole rings is 1. The van der Waals surface area contributed by atoms with E-state index in [4.69, 9.17) is 11.1 Å². The van der Waals surface area contributed by atoms with Crippen molar-refractivity contribution in [1.82, 2.24) is 9.55 Å². The van der Waals surface area contributed by atoms with Gasteiger partial charge in [0.25, 0.3) is 5.91 Å². The zero-order valence-electron chi connectivity index (χ0n) is 20.5. The van der Waals surface area contributed by atoms with Gasteiger partial charge in [0.2, 0.25) is 0 Å². The number of rotatable bonds is 9. The van der Waals surface area contributed by atoms with Crippen LogP contribution in [0.1, 0.15) is 33.7 Å². The van der Waals surface area contributed by atoms with Gasteiger partial charge in [0.15, 0.2) is 0 Å². The molecular weight excluding hydrogens is 475 g/mol. The average molecular weight is 503 g/mol. The largest absolute Gasteiger partial charge is 0.481 e. The third-order valence-corrected chi connectivity index (χ3v) is 6.08. The minimum atomic E-state index is -0.991. The van der Waals surface area contributed by atoms with Crippen molar-refractivity contribution in [3.05, 3.63) is 89.0 Å². The molecule has 10 heteroatoms. The third-order valence-electron chi connectivity index (χ3n) is 6.08. The first-order valence-electron chi connectivity index (χ1n) is 11.6. The lowest BCUT2D eigenvalue weighted by molar-refractivity contribution is -0.136. The molecule has 0 aliphatic carbocycles. The lowest BCUT2D eigenvalue weighted by Gasteiger charge is -2.22. The van der Waals surface area contributed by atoms with E-state index in [2.05, 4.69) is 10.3 Å². The van der Waals surface area contributed by atoms with Crippen molar-refractivity contribution in [2.45, 2.75) is 19.9 Å². The van der Waals surface area contributed by atoms with E-state index in [9.17, 15) is 19.1 Å². The molecule has 0 unspecified atom stereocenters. The fraction of sp³-hybridized carbons (Fsp3) is 0.185. The van der Waals surface area contributed by atoms with Gasteiger partial charge in [-0.3, -0.25) is 15.0 Å². The summed E-state index contributed by atoms with van der Waals surface area (Å²) in [7, 11) is 1.83. The van der Waals surface area contributed by atoms with E-state index < -0.39 is 11.8 Å². The fourth-order valence-corrected chi connectivity index (χ4v) is 3.98. The molecule has 4 aromatic rings. The lowest BCUT2D eigenvalue weighted by atomic mass is 10.1. The van der Waals surface area contributed by atoms with E-state index >= 15 is 0 Å². The molecule has 9 nitrogen and oxygen atoms in total. The first-order valence-corrected chi connectivity index (χ1v) is 11.6. The Kier molecular flexibility index (Phi) is 7.19. The van der Waals surface area contributed by atoms with Crippen molar-refractivity contribution in [1.29, 1.82) is 5.41 Å². The molecule has 0 bridgehead atoms. The molecule has 0 radical (unpaired) electrons. The predicted octanol–water partition coefficient (Wildman–Crippen LogP) is 4.04. The van der Waals surface area contributed by atoms with Crippen molar-refractivity contribution >= 4 is 40.1 Å². The Morgan fingerprint density at radius 2 is 1.81 bits per heavy atom. The number of carbonyl (C=O) groups excluding carboxylic acids is 1. The van der Waals surface area contributed by atoms with Crippen LogP contribution in [0.5, 0.6) is 0 Å². The van der Waals surface area contributed by atoms with Crippen LogP contribution >= 0.6 is 0 Å². The molecule has 1 aromatic heterocycles. The summed E-state index contributed by atoms with van der Waals surface area (Å²) in [5, 5.41) is 19.6. The summed E-state index contributed by atoms with van der Waals surface area (Å²) in [6.45, 7) is 2.18. The highest BCUT2D eigenvalue weighted by molar-refractivity contribution is 6.07. The Balaban J connectivity index is 1.58. The number of halogens is 1. The summed E-state index contributed by atoms with van der Waals surface area (Å²) in [5.41, 5.74) is 9.34. The maximum Gasteiger partial charge on any atom is 0.305 e. The quantitative estimate of drug-likeness (QED) is 0.201. The van der Waals surface area contributed by atoms with Crippen LogP contribution < -0.4 is 16.0 Å². The van der Waals surface area contributed by atoms with Gasteiger partial charge >= 0.3 is 5.97 Å². The highest BCUT2D eigenvalue weighted by Gasteiger charge is 2.20. The molecule has 0 spiro atoms. The zero-order valence-corrected chi connectivity index (χ0v) is 20.5. The number of hydrogen-bond donors (Lipinski definition) is 4. The second kappa shape index (κ2) is 10.5. The molecule has 0 aliphatic rings. The molecular formula is C27H27FN6O3. The summed E-state index contributed by atoms with van der Waals surface area (Å²) < 4.78 is 16.2. The van der Waals surface area contributed by atoms with Crippen LogP contribution in [0.25, 0.3) is 11.0 Å². The first kappa shape index (κ1) is 25.4. The van der Waals surface area contributed by atoms with Crippen LogP contribution in [-0.4, -0.2) is 38.9 Å². The maximum atomic E-state index is 14.4. The minimum Gasteiger partial charge on any atom is -0.481 e. The second-order valence-corrected chi connectivity index (χ2v) is 8.69. The number of carboxylic acids is 1. The Morgan fingerprint density at radius 1 is 1.11 bits per heavy atom. The number of aliphatic carboxylic acids is 1. The number of aryl methyl sites for hydroxylation is 2. The van der Waals surface area contributed by atoms with Gasteiger partial charge in [-0.05, 0) is 55.5 Å². The second-order valence-electron chi connectivity index (χ2n) is 8.69. The number of fused-ring (bicyclic) bond motifs is 1. The molecule has 190 valence electrons. The summed E-state index contributed by atoms with van der Waals surface area (Å²) in [5.74, 6) is -1.44. The van der Waals surface area contributed by atoms with E-state index in [0.717, 1.165) is 11.1 Å². The molecule has 1 amide bonds. The molecule has 0 saturated carbocycles.